The Morgan fingerprint density at radius 2 is 1.88 bits per heavy atom. The Hall–Kier alpha value is -1.37. The molecule has 0 heterocycles. The molecule has 0 aliphatic carbocycles. The lowest BCUT2D eigenvalue weighted by Crippen LogP contribution is -1.92. The third kappa shape index (κ3) is 6.06. The molecule has 17 heavy (non-hydrogen) atoms. The van der Waals surface area contributed by atoms with E-state index in [4.69, 9.17) is 0 Å². The van der Waals surface area contributed by atoms with Gasteiger partial charge in [0, 0.05) is 11.9 Å². The molecule has 0 N–H and O–H groups in total. The maximum atomic E-state index is 4.44. The summed E-state index contributed by atoms with van der Waals surface area (Å²) in [5, 5.41) is 0. The summed E-state index contributed by atoms with van der Waals surface area (Å²) in [6.07, 6.45) is 7.01. The van der Waals surface area contributed by atoms with Crippen molar-refractivity contribution in [1.82, 2.24) is 0 Å². The van der Waals surface area contributed by atoms with E-state index in [0.29, 0.717) is 5.92 Å². The second-order valence-electron chi connectivity index (χ2n) is 4.57. The van der Waals surface area contributed by atoms with Crippen LogP contribution in [0.1, 0.15) is 41.0 Å². The van der Waals surface area contributed by atoms with Gasteiger partial charge in [-0.2, -0.15) is 0 Å². The zero-order valence-electron chi connectivity index (χ0n) is 11.9. The molecule has 0 radical (unpaired) electrons. The normalized spacial score (nSPS) is 14.1. The van der Waals surface area contributed by atoms with Crippen molar-refractivity contribution in [3.8, 4) is 0 Å². The average molecular weight is 231 g/mol. The number of hydrogen-bond acceptors (Lipinski definition) is 1. The van der Waals surface area contributed by atoms with Crippen LogP contribution in [0.5, 0.6) is 0 Å². The molecule has 0 rings (SSSR count). The molecule has 0 aromatic rings. The molecule has 0 amide bonds. The molecule has 1 heteroatoms. The number of nitrogens with zero attached hydrogens (tertiary/aromatic N) is 1. The van der Waals surface area contributed by atoms with Crippen LogP contribution in [0.15, 0.2) is 53.2 Å². The minimum absolute atomic E-state index is 0.518. The molecule has 94 valence electrons. The van der Waals surface area contributed by atoms with Gasteiger partial charge in [-0.1, -0.05) is 46.1 Å². The smallest absolute Gasteiger partial charge is 0.0395 e. The lowest BCUT2D eigenvalue weighted by atomic mass is 10.0. The largest absolute Gasteiger partial charge is 0.261 e. The van der Waals surface area contributed by atoms with Crippen LogP contribution < -0.4 is 0 Å². The van der Waals surface area contributed by atoms with Crippen molar-refractivity contribution in [2.75, 3.05) is 0 Å². The van der Waals surface area contributed by atoms with Crippen LogP contribution in [0.3, 0.4) is 0 Å². The van der Waals surface area contributed by atoms with Gasteiger partial charge < -0.3 is 0 Å². The van der Waals surface area contributed by atoms with Crippen LogP contribution in [0, 0.1) is 5.92 Å². The molecule has 0 saturated heterocycles. The maximum Gasteiger partial charge on any atom is 0.0395 e. The monoisotopic (exact) mass is 231 g/mol. The SMILES string of the molecule is C=CC(=C\C(C)C)/C(=C/N=C(C)C(=C)C)CC. The van der Waals surface area contributed by atoms with Crippen molar-refractivity contribution in [2.24, 2.45) is 10.9 Å². The number of allylic oxidation sites excluding steroid dienone is 5. The van der Waals surface area contributed by atoms with Gasteiger partial charge in [-0.15, -0.1) is 0 Å². The van der Waals surface area contributed by atoms with Crippen molar-refractivity contribution in [3.05, 3.63) is 48.2 Å². The summed E-state index contributed by atoms with van der Waals surface area (Å²) in [6, 6.07) is 0. The highest BCUT2D eigenvalue weighted by Gasteiger charge is 2.00. The van der Waals surface area contributed by atoms with Crippen molar-refractivity contribution in [2.45, 2.75) is 41.0 Å². The van der Waals surface area contributed by atoms with Crippen molar-refractivity contribution in [3.63, 3.8) is 0 Å². The molecule has 0 aromatic carbocycles. The molecule has 0 bridgehead atoms. The zero-order valence-corrected chi connectivity index (χ0v) is 11.9. The Labute approximate surface area is 106 Å². The lowest BCUT2D eigenvalue weighted by Gasteiger charge is -2.07. The van der Waals surface area contributed by atoms with E-state index in [2.05, 4.69) is 45.0 Å². The first-order valence-corrected chi connectivity index (χ1v) is 6.16. The minimum atomic E-state index is 0.518. The van der Waals surface area contributed by atoms with Gasteiger partial charge >= 0.3 is 0 Å². The predicted octanol–water partition coefficient (Wildman–Crippen LogP) is 5.09. The fraction of sp³-hybridized carbons (Fsp3) is 0.438. The molecule has 0 saturated carbocycles. The summed E-state index contributed by atoms with van der Waals surface area (Å²) in [5.74, 6) is 0.518. The van der Waals surface area contributed by atoms with Gasteiger partial charge in [-0.3, -0.25) is 4.99 Å². The third-order valence-corrected chi connectivity index (χ3v) is 2.52. The minimum Gasteiger partial charge on any atom is -0.261 e. The van der Waals surface area contributed by atoms with E-state index in [1.165, 1.54) is 11.1 Å². The second kappa shape index (κ2) is 7.83. The fourth-order valence-electron chi connectivity index (χ4n) is 1.32. The Kier molecular flexibility index (Phi) is 7.20. The van der Waals surface area contributed by atoms with Crippen LogP contribution in [0.25, 0.3) is 0 Å². The second-order valence-corrected chi connectivity index (χ2v) is 4.57. The summed E-state index contributed by atoms with van der Waals surface area (Å²) in [7, 11) is 0. The van der Waals surface area contributed by atoms with Gasteiger partial charge in [-0.25, -0.2) is 0 Å². The number of hydrogen-bond donors (Lipinski definition) is 0. The predicted molar refractivity (Wildman–Crippen MR) is 79.4 cm³/mol. The Bertz CT molecular complexity index is 365. The summed E-state index contributed by atoms with van der Waals surface area (Å²) < 4.78 is 0. The van der Waals surface area contributed by atoms with Crippen LogP contribution in [-0.2, 0) is 0 Å². The molecule has 0 fully saturated rings. The molecule has 0 aliphatic heterocycles. The van der Waals surface area contributed by atoms with E-state index in [1.807, 2.05) is 26.1 Å². The quantitative estimate of drug-likeness (QED) is 0.446. The van der Waals surface area contributed by atoms with Crippen LogP contribution in [0.2, 0.25) is 0 Å². The molecule has 0 aliphatic rings. The third-order valence-electron chi connectivity index (χ3n) is 2.52. The molecule has 0 atom stereocenters. The maximum absolute atomic E-state index is 4.44. The van der Waals surface area contributed by atoms with Crippen LogP contribution >= 0.6 is 0 Å². The number of aliphatic imine (C=N–C) groups is 1. The summed E-state index contributed by atoms with van der Waals surface area (Å²) in [5.41, 5.74) is 4.38. The number of rotatable bonds is 6. The molecule has 0 aromatic heterocycles. The topological polar surface area (TPSA) is 12.4 Å². The first-order chi connectivity index (χ1) is 7.92. The standard InChI is InChI=1S/C16H25N/c1-8-15(10-12(3)4)16(9-2)11-17-14(7)13(5)6/h8,10-12H,1,5,9H2,2-4,6-7H3/b15-10+,16-11+,17-14?. The van der Waals surface area contributed by atoms with E-state index >= 15 is 0 Å². The fourth-order valence-corrected chi connectivity index (χ4v) is 1.32. The van der Waals surface area contributed by atoms with E-state index in [0.717, 1.165) is 17.7 Å². The van der Waals surface area contributed by atoms with Gasteiger partial charge in [-0.05, 0) is 42.9 Å². The van der Waals surface area contributed by atoms with Crippen LogP contribution in [0.4, 0.5) is 0 Å². The van der Waals surface area contributed by atoms with E-state index in [-0.39, 0.29) is 0 Å². The Balaban J connectivity index is 5.19. The highest BCUT2D eigenvalue weighted by atomic mass is 14.7. The van der Waals surface area contributed by atoms with Gasteiger partial charge in [0.25, 0.3) is 0 Å². The first-order valence-electron chi connectivity index (χ1n) is 6.16. The van der Waals surface area contributed by atoms with E-state index < -0.39 is 0 Å². The van der Waals surface area contributed by atoms with Gasteiger partial charge in [0.1, 0.15) is 0 Å². The Morgan fingerprint density at radius 3 is 2.24 bits per heavy atom. The van der Waals surface area contributed by atoms with Crippen LogP contribution in [-0.4, -0.2) is 5.71 Å². The highest BCUT2D eigenvalue weighted by molar-refractivity contribution is 5.97. The van der Waals surface area contributed by atoms with E-state index in [1.54, 1.807) is 0 Å². The molecule has 0 unspecified atom stereocenters. The van der Waals surface area contributed by atoms with Crippen molar-refractivity contribution in [1.29, 1.82) is 0 Å². The first kappa shape index (κ1) is 15.6. The molecule has 1 nitrogen and oxygen atoms in total. The average Bonchev–Trinajstić information content (AvgIpc) is 2.26. The highest BCUT2D eigenvalue weighted by Crippen LogP contribution is 2.17. The summed E-state index contributed by atoms with van der Waals surface area (Å²) in [6.45, 7) is 18.2. The molecule has 0 spiro atoms. The lowest BCUT2D eigenvalue weighted by molar-refractivity contribution is 0.824. The zero-order chi connectivity index (χ0) is 13.4. The summed E-state index contributed by atoms with van der Waals surface area (Å²) in [4.78, 5) is 4.44. The van der Waals surface area contributed by atoms with Gasteiger partial charge in [0.05, 0.1) is 0 Å². The van der Waals surface area contributed by atoms with Crippen molar-refractivity contribution >= 4 is 5.71 Å². The molecular weight excluding hydrogens is 206 g/mol. The van der Waals surface area contributed by atoms with E-state index in [9.17, 15) is 0 Å². The van der Waals surface area contributed by atoms with Gasteiger partial charge in [0.15, 0.2) is 0 Å². The Morgan fingerprint density at radius 1 is 1.29 bits per heavy atom. The van der Waals surface area contributed by atoms with Gasteiger partial charge in [0.2, 0.25) is 0 Å². The molecular formula is C16H25N. The summed E-state index contributed by atoms with van der Waals surface area (Å²) >= 11 is 0. The van der Waals surface area contributed by atoms with Crippen molar-refractivity contribution < 1.29 is 0 Å².